The summed E-state index contributed by atoms with van der Waals surface area (Å²) in [7, 11) is 0. The maximum Gasteiger partial charge on any atom is 0.307 e. The van der Waals surface area contributed by atoms with Gasteiger partial charge in [-0.1, -0.05) is 24.3 Å². The number of hydrogen-bond donors (Lipinski definition) is 4. The van der Waals surface area contributed by atoms with Gasteiger partial charge in [-0.05, 0) is 37.0 Å². The van der Waals surface area contributed by atoms with Crippen molar-refractivity contribution >= 4 is 17.5 Å². The molecule has 3 rings (SSSR count). The molecule has 1 aliphatic carbocycles. The zero-order chi connectivity index (χ0) is 20.8. The second-order valence-electron chi connectivity index (χ2n) is 7.72. The SMILES string of the molecule is CCOCC[C@H](O)C=CC1C(O)CC2N=C(Nc3ccc(CC(=O)O)cc3)CC21. The number of aliphatic imine (C=N–C) groups is 1. The maximum atomic E-state index is 10.8. The second kappa shape index (κ2) is 10.0. The van der Waals surface area contributed by atoms with Gasteiger partial charge in [0.1, 0.15) is 5.84 Å². The summed E-state index contributed by atoms with van der Waals surface area (Å²) in [5.74, 6) is 0.226. The van der Waals surface area contributed by atoms with Crippen molar-refractivity contribution in [3.63, 3.8) is 0 Å². The molecular weight excluding hydrogens is 372 g/mol. The first-order valence-electron chi connectivity index (χ1n) is 10.2. The van der Waals surface area contributed by atoms with E-state index in [2.05, 4.69) is 5.32 Å². The predicted molar refractivity (Wildman–Crippen MR) is 111 cm³/mol. The van der Waals surface area contributed by atoms with E-state index >= 15 is 0 Å². The molecule has 0 aromatic heterocycles. The molecule has 158 valence electrons. The van der Waals surface area contributed by atoms with E-state index in [9.17, 15) is 15.0 Å². The monoisotopic (exact) mass is 402 g/mol. The first kappa shape index (κ1) is 21.5. The Labute approximate surface area is 171 Å². The molecule has 0 radical (unpaired) electrons. The van der Waals surface area contributed by atoms with Crippen LogP contribution >= 0.6 is 0 Å². The van der Waals surface area contributed by atoms with Crippen LogP contribution in [-0.4, -0.2) is 58.6 Å². The average molecular weight is 402 g/mol. The lowest BCUT2D eigenvalue weighted by atomic mass is 9.90. The Morgan fingerprint density at radius 1 is 1.38 bits per heavy atom. The summed E-state index contributed by atoms with van der Waals surface area (Å²) >= 11 is 0. The van der Waals surface area contributed by atoms with Crippen molar-refractivity contribution in [2.24, 2.45) is 16.8 Å². The molecular formula is C22H30N2O5. The first-order chi connectivity index (χ1) is 14.0. The van der Waals surface area contributed by atoms with Crippen LogP contribution in [0.15, 0.2) is 41.4 Å². The Morgan fingerprint density at radius 3 is 2.83 bits per heavy atom. The number of ether oxygens (including phenoxy) is 1. The third-order valence-electron chi connectivity index (χ3n) is 5.58. The number of aliphatic hydroxyl groups excluding tert-OH is 2. The quantitative estimate of drug-likeness (QED) is 0.372. The van der Waals surface area contributed by atoms with Crippen molar-refractivity contribution in [2.75, 3.05) is 18.5 Å². The van der Waals surface area contributed by atoms with Gasteiger partial charge in [-0.15, -0.1) is 0 Å². The van der Waals surface area contributed by atoms with Crippen molar-refractivity contribution < 1.29 is 24.9 Å². The van der Waals surface area contributed by atoms with Gasteiger partial charge in [0, 0.05) is 37.7 Å². The Hall–Kier alpha value is -2.22. The van der Waals surface area contributed by atoms with Crippen molar-refractivity contribution in [1.82, 2.24) is 0 Å². The van der Waals surface area contributed by atoms with Crippen LogP contribution in [0.5, 0.6) is 0 Å². The van der Waals surface area contributed by atoms with Crippen LogP contribution in [0.25, 0.3) is 0 Å². The maximum absolute atomic E-state index is 10.8. The van der Waals surface area contributed by atoms with Gasteiger partial charge in [-0.3, -0.25) is 9.79 Å². The van der Waals surface area contributed by atoms with Gasteiger partial charge in [0.05, 0.1) is 24.7 Å². The highest BCUT2D eigenvalue weighted by Crippen LogP contribution is 2.41. The highest BCUT2D eigenvalue weighted by molar-refractivity contribution is 5.97. The second-order valence-corrected chi connectivity index (χ2v) is 7.72. The number of carbonyl (C=O) groups is 1. The molecule has 1 aromatic rings. The van der Waals surface area contributed by atoms with Gasteiger partial charge in [-0.2, -0.15) is 0 Å². The van der Waals surface area contributed by atoms with Crippen LogP contribution < -0.4 is 5.32 Å². The summed E-state index contributed by atoms with van der Waals surface area (Å²) in [5.41, 5.74) is 1.63. The Morgan fingerprint density at radius 2 is 2.14 bits per heavy atom. The molecule has 1 heterocycles. The molecule has 4 N–H and O–H groups in total. The van der Waals surface area contributed by atoms with Gasteiger partial charge in [0.25, 0.3) is 0 Å². The van der Waals surface area contributed by atoms with E-state index in [4.69, 9.17) is 14.8 Å². The number of carboxylic acids is 1. The third-order valence-corrected chi connectivity index (χ3v) is 5.58. The molecule has 1 aliphatic heterocycles. The number of fused-ring (bicyclic) bond motifs is 1. The summed E-state index contributed by atoms with van der Waals surface area (Å²) in [6, 6.07) is 7.39. The zero-order valence-corrected chi connectivity index (χ0v) is 16.7. The van der Waals surface area contributed by atoms with E-state index in [1.54, 1.807) is 18.2 Å². The lowest BCUT2D eigenvalue weighted by Gasteiger charge is -2.18. The Bertz CT molecular complexity index is 746. The highest BCUT2D eigenvalue weighted by Gasteiger charge is 2.44. The molecule has 1 saturated carbocycles. The van der Waals surface area contributed by atoms with E-state index in [1.807, 2.05) is 25.1 Å². The minimum Gasteiger partial charge on any atom is -0.481 e. The molecule has 7 heteroatoms. The fourth-order valence-electron chi connectivity index (χ4n) is 4.12. The minimum atomic E-state index is -0.848. The van der Waals surface area contributed by atoms with Crippen LogP contribution in [0, 0.1) is 11.8 Å². The normalized spacial score (nSPS) is 27.1. The van der Waals surface area contributed by atoms with Gasteiger partial charge < -0.3 is 25.4 Å². The number of aliphatic hydroxyl groups is 2. The molecule has 4 unspecified atom stereocenters. The number of amidine groups is 1. The number of nitrogens with one attached hydrogen (secondary N) is 1. The number of hydrogen-bond acceptors (Lipinski definition) is 6. The summed E-state index contributed by atoms with van der Waals surface area (Å²) < 4.78 is 5.26. The Balaban J connectivity index is 1.55. The van der Waals surface area contributed by atoms with Crippen molar-refractivity contribution in [3.05, 3.63) is 42.0 Å². The molecule has 0 spiro atoms. The summed E-state index contributed by atoms with van der Waals surface area (Å²) in [5, 5.41) is 32.6. The van der Waals surface area contributed by atoms with E-state index < -0.39 is 18.2 Å². The minimum absolute atomic E-state index is 0.00764. The standard InChI is InChI=1S/C22H30N2O5/c1-2-29-10-9-16(25)7-8-17-18-12-21(24-19(18)13-20(17)26)23-15-5-3-14(4-6-15)11-22(27)28/h3-8,16-20,25-26H,2,9-13H2,1H3,(H,23,24)(H,27,28)/t16-,17?,18?,19?,20?/m1/s1. The number of anilines is 1. The van der Waals surface area contributed by atoms with Crippen LogP contribution in [0.2, 0.25) is 0 Å². The number of nitrogens with zero attached hydrogens (tertiary/aromatic N) is 1. The molecule has 1 aromatic carbocycles. The highest BCUT2D eigenvalue weighted by atomic mass is 16.5. The van der Waals surface area contributed by atoms with E-state index in [0.29, 0.717) is 26.1 Å². The third kappa shape index (κ3) is 5.88. The molecule has 29 heavy (non-hydrogen) atoms. The molecule has 0 bridgehead atoms. The summed E-state index contributed by atoms with van der Waals surface area (Å²) in [6.45, 7) is 3.08. The lowest BCUT2D eigenvalue weighted by molar-refractivity contribution is -0.136. The van der Waals surface area contributed by atoms with Gasteiger partial charge in [0.15, 0.2) is 0 Å². The smallest absolute Gasteiger partial charge is 0.307 e. The number of aliphatic carboxylic acids is 1. The van der Waals surface area contributed by atoms with Crippen molar-refractivity contribution in [3.8, 4) is 0 Å². The lowest BCUT2D eigenvalue weighted by Crippen LogP contribution is -2.21. The molecule has 7 nitrogen and oxygen atoms in total. The van der Waals surface area contributed by atoms with Crippen LogP contribution in [0.3, 0.4) is 0 Å². The fraction of sp³-hybridized carbons (Fsp3) is 0.545. The van der Waals surface area contributed by atoms with Crippen LogP contribution in [0.4, 0.5) is 5.69 Å². The average Bonchev–Trinajstić information content (AvgIpc) is 3.17. The fourth-order valence-corrected chi connectivity index (χ4v) is 4.12. The number of rotatable bonds is 9. The van der Waals surface area contributed by atoms with Crippen LogP contribution in [0.1, 0.15) is 31.7 Å². The number of carboxylic acid groups (broad SMARTS) is 1. The van der Waals surface area contributed by atoms with Crippen molar-refractivity contribution in [1.29, 1.82) is 0 Å². The van der Waals surface area contributed by atoms with Gasteiger partial charge >= 0.3 is 5.97 Å². The topological polar surface area (TPSA) is 111 Å². The molecule has 2 aliphatic rings. The largest absolute Gasteiger partial charge is 0.481 e. The van der Waals surface area contributed by atoms with E-state index in [0.717, 1.165) is 23.5 Å². The summed E-state index contributed by atoms with van der Waals surface area (Å²) in [4.78, 5) is 15.5. The number of benzene rings is 1. The van der Waals surface area contributed by atoms with E-state index in [1.165, 1.54) is 0 Å². The summed E-state index contributed by atoms with van der Waals surface area (Å²) in [6.07, 6.45) is 4.60. The van der Waals surface area contributed by atoms with Gasteiger partial charge in [-0.25, -0.2) is 0 Å². The van der Waals surface area contributed by atoms with Crippen LogP contribution in [-0.2, 0) is 16.0 Å². The zero-order valence-electron chi connectivity index (χ0n) is 16.7. The van der Waals surface area contributed by atoms with Gasteiger partial charge in [0.2, 0.25) is 0 Å². The molecule has 0 saturated heterocycles. The van der Waals surface area contributed by atoms with Crippen molar-refractivity contribution in [2.45, 2.75) is 50.9 Å². The molecule has 0 amide bonds. The Kier molecular flexibility index (Phi) is 7.41. The molecule has 1 fully saturated rings. The van der Waals surface area contributed by atoms with E-state index in [-0.39, 0.29) is 24.3 Å². The predicted octanol–water partition coefficient (Wildman–Crippen LogP) is 2.24. The molecule has 5 atom stereocenters. The first-order valence-corrected chi connectivity index (χ1v) is 10.2.